The first-order valence-corrected chi connectivity index (χ1v) is 5.85. The van der Waals surface area contributed by atoms with Crippen molar-refractivity contribution >= 4 is 33.7 Å². The summed E-state index contributed by atoms with van der Waals surface area (Å²) in [6.07, 6.45) is 1.83. The lowest BCUT2D eigenvalue weighted by atomic mass is 10.1. The normalized spacial score (nSPS) is 10.3. The summed E-state index contributed by atoms with van der Waals surface area (Å²) in [5.74, 6) is 0. The molecule has 0 saturated heterocycles. The summed E-state index contributed by atoms with van der Waals surface area (Å²) in [7, 11) is 0. The van der Waals surface area contributed by atoms with Crippen molar-refractivity contribution < 1.29 is 4.79 Å². The summed E-state index contributed by atoms with van der Waals surface area (Å²) >= 11 is 1.26. The van der Waals surface area contributed by atoms with Gasteiger partial charge in [0.1, 0.15) is 0 Å². The van der Waals surface area contributed by atoms with Crippen LogP contribution in [-0.4, -0.2) is 5.12 Å². The van der Waals surface area contributed by atoms with Crippen molar-refractivity contribution in [3.8, 4) is 0 Å². The average Bonchev–Trinajstić information content (AvgIpc) is 2.27. The number of thioether (sulfide) groups is 1. The van der Waals surface area contributed by atoms with Crippen LogP contribution >= 0.6 is 11.8 Å². The molecule has 0 aliphatic carbocycles. The van der Waals surface area contributed by atoms with Crippen LogP contribution in [-0.2, 0) is 4.79 Å². The fourth-order valence-corrected chi connectivity index (χ4v) is 2.25. The zero-order valence-electron chi connectivity index (χ0n) is 9.07. The monoisotopic (exact) mass is 228 g/mol. The number of fused-ring (bicyclic) bond motifs is 1. The van der Waals surface area contributed by atoms with Crippen molar-refractivity contribution in [1.29, 1.82) is 0 Å². The topological polar surface area (TPSA) is 17.1 Å². The molecule has 0 atom stereocenters. The van der Waals surface area contributed by atoms with Crippen LogP contribution in [0.15, 0.2) is 47.9 Å². The molecular weight excluding hydrogens is 216 g/mol. The first-order valence-electron chi connectivity index (χ1n) is 5.04. The Morgan fingerprint density at radius 1 is 1.19 bits per heavy atom. The largest absolute Gasteiger partial charge is 0.287 e. The Balaban J connectivity index is 2.47. The number of hydrogen-bond acceptors (Lipinski definition) is 2. The highest BCUT2D eigenvalue weighted by atomic mass is 32.2. The van der Waals surface area contributed by atoms with Gasteiger partial charge in [-0.3, -0.25) is 4.79 Å². The zero-order chi connectivity index (χ0) is 11.5. The third-order valence-corrected chi connectivity index (χ3v) is 3.11. The van der Waals surface area contributed by atoms with E-state index in [0.29, 0.717) is 0 Å². The van der Waals surface area contributed by atoms with Gasteiger partial charge in [-0.1, -0.05) is 42.6 Å². The molecule has 2 aromatic rings. The van der Waals surface area contributed by atoms with E-state index in [1.807, 2.05) is 30.3 Å². The van der Waals surface area contributed by atoms with Crippen LogP contribution in [0.25, 0.3) is 16.8 Å². The highest BCUT2D eigenvalue weighted by Crippen LogP contribution is 2.25. The quantitative estimate of drug-likeness (QED) is 0.719. The number of carbonyl (C=O) groups excluding carboxylic acids is 1. The van der Waals surface area contributed by atoms with E-state index in [0.717, 1.165) is 15.8 Å². The van der Waals surface area contributed by atoms with Gasteiger partial charge in [0, 0.05) is 11.8 Å². The van der Waals surface area contributed by atoms with E-state index in [-0.39, 0.29) is 5.12 Å². The molecule has 0 amide bonds. The van der Waals surface area contributed by atoms with E-state index in [4.69, 9.17) is 0 Å². The van der Waals surface area contributed by atoms with E-state index < -0.39 is 0 Å². The molecule has 80 valence electrons. The Bertz CT molecular complexity index is 558. The van der Waals surface area contributed by atoms with Crippen molar-refractivity contribution in [2.45, 2.75) is 11.8 Å². The van der Waals surface area contributed by atoms with Crippen molar-refractivity contribution in [3.05, 3.63) is 48.5 Å². The summed E-state index contributed by atoms with van der Waals surface area (Å²) in [4.78, 5) is 12.0. The van der Waals surface area contributed by atoms with Gasteiger partial charge in [0.15, 0.2) is 5.12 Å². The molecule has 0 unspecified atom stereocenters. The molecule has 0 aliphatic heterocycles. The van der Waals surface area contributed by atoms with Gasteiger partial charge in [-0.05, 0) is 34.5 Å². The average molecular weight is 228 g/mol. The lowest BCUT2D eigenvalue weighted by Crippen LogP contribution is -1.82. The smallest absolute Gasteiger partial charge is 0.190 e. The molecule has 0 saturated carbocycles. The van der Waals surface area contributed by atoms with Gasteiger partial charge in [-0.2, -0.15) is 0 Å². The van der Waals surface area contributed by atoms with Crippen molar-refractivity contribution in [3.63, 3.8) is 0 Å². The Hall–Kier alpha value is -1.54. The molecule has 0 N–H and O–H groups in total. The van der Waals surface area contributed by atoms with E-state index in [1.165, 1.54) is 17.1 Å². The number of carbonyl (C=O) groups is 1. The zero-order valence-corrected chi connectivity index (χ0v) is 9.88. The van der Waals surface area contributed by atoms with Gasteiger partial charge in [0.05, 0.1) is 0 Å². The van der Waals surface area contributed by atoms with Crippen LogP contribution < -0.4 is 0 Å². The maximum atomic E-state index is 11.0. The SMILES string of the molecule is C=Cc1ccc2cc(SC(C)=O)ccc2c1. The van der Waals surface area contributed by atoms with Crippen molar-refractivity contribution in [2.24, 2.45) is 0 Å². The Labute approximate surface area is 99.2 Å². The molecule has 0 spiro atoms. The molecule has 0 bridgehead atoms. The molecule has 0 radical (unpaired) electrons. The van der Waals surface area contributed by atoms with Crippen LogP contribution in [0.1, 0.15) is 12.5 Å². The molecule has 0 aliphatic rings. The predicted octanol–water partition coefficient (Wildman–Crippen LogP) is 4.12. The van der Waals surface area contributed by atoms with Gasteiger partial charge in [0.2, 0.25) is 0 Å². The summed E-state index contributed by atoms with van der Waals surface area (Å²) in [5.41, 5.74) is 1.11. The van der Waals surface area contributed by atoms with Gasteiger partial charge >= 0.3 is 0 Å². The second kappa shape index (κ2) is 4.54. The lowest BCUT2D eigenvalue weighted by molar-refractivity contribution is -0.109. The minimum absolute atomic E-state index is 0.113. The van der Waals surface area contributed by atoms with E-state index in [9.17, 15) is 4.79 Å². The summed E-state index contributed by atoms with van der Waals surface area (Å²) in [6, 6.07) is 12.2. The van der Waals surface area contributed by atoms with E-state index in [1.54, 1.807) is 6.92 Å². The van der Waals surface area contributed by atoms with Crippen LogP contribution in [0.2, 0.25) is 0 Å². The van der Waals surface area contributed by atoms with Gasteiger partial charge in [0.25, 0.3) is 0 Å². The standard InChI is InChI=1S/C14H12OS/c1-3-11-4-5-13-9-14(16-10(2)15)7-6-12(13)8-11/h3-9H,1H2,2H3. The highest BCUT2D eigenvalue weighted by molar-refractivity contribution is 8.13. The Morgan fingerprint density at radius 3 is 2.56 bits per heavy atom. The fraction of sp³-hybridized carbons (Fsp3) is 0.0714. The summed E-state index contributed by atoms with van der Waals surface area (Å²) in [5, 5.41) is 2.43. The summed E-state index contributed by atoms with van der Waals surface area (Å²) in [6.45, 7) is 5.32. The number of rotatable bonds is 2. The molecule has 0 fully saturated rings. The first kappa shape index (κ1) is 11.0. The van der Waals surface area contributed by atoms with Crippen LogP contribution in [0.5, 0.6) is 0 Å². The highest BCUT2D eigenvalue weighted by Gasteiger charge is 2.00. The molecule has 0 heterocycles. The molecule has 2 aromatic carbocycles. The van der Waals surface area contributed by atoms with Crippen LogP contribution in [0, 0.1) is 0 Å². The number of benzene rings is 2. The molecule has 2 heteroatoms. The van der Waals surface area contributed by atoms with Gasteiger partial charge in [-0.15, -0.1) is 0 Å². The van der Waals surface area contributed by atoms with Crippen LogP contribution in [0.3, 0.4) is 0 Å². The fourth-order valence-electron chi connectivity index (χ4n) is 1.60. The van der Waals surface area contributed by atoms with Crippen LogP contribution in [0.4, 0.5) is 0 Å². The van der Waals surface area contributed by atoms with E-state index >= 15 is 0 Å². The third kappa shape index (κ3) is 2.34. The first-order chi connectivity index (χ1) is 7.69. The molecular formula is C14H12OS. The molecule has 2 rings (SSSR count). The lowest BCUT2D eigenvalue weighted by Gasteiger charge is -2.02. The second-order valence-electron chi connectivity index (χ2n) is 3.57. The third-order valence-electron chi connectivity index (χ3n) is 2.33. The van der Waals surface area contributed by atoms with Crippen molar-refractivity contribution in [1.82, 2.24) is 0 Å². The minimum Gasteiger partial charge on any atom is -0.287 e. The minimum atomic E-state index is 0.113. The van der Waals surface area contributed by atoms with Crippen molar-refractivity contribution in [2.75, 3.05) is 0 Å². The number of hydrogen-bond donors (Lipinski definition) is 0. The maximum absolute atomic E-state index is 11.0. The predicted molar refractivity (Wildman–Crippen MR) is 70.6 cm³/mol. The summed E-state index contributed by atoms with van der Waals surface area (Å²) < 4.78 is 0. The Kier molecular flexibility index (Phi) is 3.11. The molecule has 0 aromatic heterocycles. The maximum Gasteiger partial charge on any atom is 0.190 e. The Morgan fingerprint density at radius 2 is 1.88 bits per heavy atom. The molecule has 1 nitrogen and oxygen atoms in total. The second-order valence-corrected chi connectivity index (χ2v) is 4.82. The van der Waals surface area contributed by atoms with Gasteiger partial charge < -0.3 is 0 Å². The van der Waals surface area contributed by atoms with E-state index in [2.05, 4.69) is 18.7 Å². The molecule has 16 heavy (non-hydrogen) atoms. The van der Waals surface area contributed by atoms with Gasteiger partial charge in [-0.25, -0.2) is 0 Å².